The van der Waals surface area contributed by atoms with Crippen LogP contribution in [0.3, 0.4) is 0 Å². The number of hydrogen-bond acceptors (Lipinski definition) is 3. The summed E-state index contributed by atoms with van der Waals surface area (Å²) < 4.78 is 45.3. The van der Waals surface area contributed by atoms with Gasteiger partial charge in [0.05, 0.1) is 17.6 Å². The summed E-state index contributed by atoms with van der Waals surface area (Å²) in [4.78, 5) is 0.308. The summed E-state index contributed by atoms with van der Waals surface area (Å²) in [6.45, 7) is 7.30. The van der Waals surface area contributed by atoms with Gasteiger partial charge >= 0.3 is 0 Å². The van der Waals surface area contributed by atoms with Crippen molar-refractivity contribution in [3.05, 3.63) is 65.5 Å². The van der Waals surface area contributed by atoms with Crippen molar-refractivity contribution in [3.8, 4) is 0 Å². The Labute approximate surface area is 154 Å². The molecule has 1 fully saturated rings. The minimum atomic E-state index is -3.48. The van der Waals surface area contributed by atoms with Crippen molar-refractivity contribution in [2.24, 2.45) is 0 Å². The van der Waals surface area contributed by atoms with Crippen molar-refractivity contribution in [1.82, 2.24) is 4.31 Å². The van der Waals surface area contributed by atoms with Gasteiger partial charge in [-0.3, -0.25) is 0 Å². The molecule has 0 spiro atoms. The Kier molecular flexibility index (Phi) is 5.19. The average Bonchev–Trinajstić information content (AvgIpc) is 2.54. The van der Waals surface area contributed by atoms with Gasteiger partial charge in [-0.25, -0.2) is 12.8 Å². The molecule has 0 atom stereocenters. The molecule has 0 aromatic heterocycles. The summed E-state index contributed by atoms with van der Waals surface area (Å²) in [5, 5.41) is 0. The molecule has 1 heterocycles. The van der Waals surface area contributed by atoms with E-state index >= 15 is 0 Å². The van der Waals surface area contributed by atoms with E-state index in [0.717, 1.165) is 11.1 Å². The second-order valence-electron chi connectivity index (χ2n) is 7.66. The first-order valence-corrected chi connectivity index (χ1v) is 10.1. The summed E-state index contributed by atoms with van der Waals surface area (Å²) >= 11 is 0. The molecule has 0 amide bonds. The highest BCUT2D eigenvalue weighted by molar-refractivity contribution is 7.89. The van der Waals surface area contributed by atoms with Crippen LogP contribution in [0.15, 0.2) is 53.4 Å². The number of ether oxygens (including phenoxy) is 1. The lowest BCUT2D eigenvalue weighted by molar-refractivity contribution is -0.0295. The maximum absolute atomic E-state index is 12.9. The molecule has 3 rings (SSSR count). The molecule has 0 radical (unpaired) electrons. The highest BCUT2D eigenvalue weighted by Gasteiger charge is 2.37. The Morgan fingerprint density at radius 1 is 1.04 bits per heavy atom. The molecule has 0 aliphatic carbocycles. The van der Waals surface area contributed by atoms with E-state index in [0.29, 0.717) is 24.6 Å². The van der Waals surface area contributed by atoms with Crippen LogP contribution in [-0.4, -0.2) is 31.9 Å². The first-order valence-electron chi connectivity index (χ1n) is 8.63. The molecule has 4 nitrogen and oxygen atoms in total. The number of hydrogen-bond donors (Lipinski definition) is 0. The summed E-state index contributed by atoms with van der Waals surface area (Å²) in [5.41, 5.74) is 1.95. The van der Waals surface area contributed by atoms with E-state index in [1.54, 1.807) is 24.3 Å². The molecule has 26 heavy (non-hydrogen) atoms. The predicted octanol–water partition coefficient (Wildman–Crippen LogP) is 3.71. The fraction of sp³-hybridized carbons (Fsp3) is 0.400. The van der Waals surface area contributed by atoms with E-state index in [2.05, 4.69) is 20.8 Å². The van der Waals surface area contributed by atoms with Crippen LogP contribution < -0.4 is 0 Å². The van der Waals surface area contributed by atoms with Gasteiger partial charge in [0.15, 0.2) is 0 Å². The van der Waals surface area contributed by atoms with E-state index in [1.807, 2.05) is 12.1 Å². The van der Waals surface area contributed by atoms with Crippen LogP contribution in [0.2, 0.25) is 0 Å². The van der Waals surface area contributed by atoms with Gasteiger partial charge in [-0.05, 0) is 40.8 Å². The van der Waals surface area contributed by atoms with E-state index in [1.165, 1.54) is 16.4 Å². The Morgan fingerprint density at radius 3 is 2.15 bits per heavy atom. The van der Waals surface area contributed by atoms with Crippen LogP contribution in [0.4, 0.5) is 4.39 Å². The molecular weight excluding hydrogens is 353 g/mol. The first-order chi connectivity index (χ1) is 12.2. The quantitative estimate of drug-likeness (QED) is 0.798. The van der Waals surface area contributed by atoms with Crippen LogP contribution in [0.25, 0.3) is 0 Å². The Morgan fingerprint density at radius 2 is 1.62 bits per heavy atom. The van der Waals surface area contributed by atoms with E-state index < -0.39 is 10.0 Å². The molecule has 2 aromatic carbocycles. The number of benzene rings is 2. The average molecular weight is 377 g/mol. The number of nitrogens with zero attached hydrogens (tertiary/aromatic N) is 1. The highest BCUT2D eigenvalue weighted by atomic mass is 32.2. The smallest absolute Gasteiger partial charge is 0.243 e. The first kappa shape index (κ1) is 19.0. The van der Waals surface area contributed by atoms with Gasteiger partial charge in [0, 0.05) is 13.1 Å². The van der Waals surface area contributed by atoms with Gasteiger partial charge in [0.1, 0.15) is 5.82 Å². The zero-order chi connectivity index (χ0) is 18.9. The topological polar surface area (TPSA) is 46.6 Å². The SMILES string of the molecule is CC(C)(C)c1ccc(S(=O)(=O)N2CC(OCc3ccc(F)cc3)C2)cc1. The van der Waals surface area contributed by atoms with Crippen LogP contribution in [0.1, 0.15) is 31.9 Å². The number of rotatable bonds is 5. The lowest BCUT2D eigenvalue weighted by atomic mass is 9.87. The zero-order valence-corrected chi connectivity index (χ0v) is 16.1. The van der Waals surface area contributed by atoms with E-state index in [-0.39, 0.29) is 17.3 Å². The van der Waals surface area contributed by atoms with Crippen molar-refractivity contribution in [3.63, 3.8) is 0 Å². The van der Waals surface area contributed by atoms with Crippen molar-refractivity contribution in [1.29, 1.82) is 0 Å². The van der Waals surface area contributed by atoms with Crippen molar-refractivity contribution >= 4 is 10.0 Å². The van der Waals surface area contributed by atoms with E-state index in [4.69, 9.17) is 4.74 Å². The summed E-state index contributed by atoms with van der Waals surface area (Å²) in [7, 11) is -3.48. The minimum absolute atomic E-state index is 0.0155. The fourth-order valence-corrected chi connectivity index (χ4v) is 4.28. The highest BCUT2D eigenvalue weighted by Crippen LogP contribution is 2.27. The van der Waals surface area contributed by atoms with Gasteiger partial charge in [-0.15, -0.1) is 0 Å². The van der Waals surface area contributed by atoms with Gasteiger partial charge in [-0.2, -0.15) is 4.31 Å². The second-order valence-corrected chi connectivity index (χ2v) is 9.59. The van der Waals surface area contributed by atoms with Crippen LogP contribution in [0.5, 0.6) is 0 Å². The molecule has 0 bridgehead atoms. The standard InChI is InChI=1S/C20H24FNO3S/c1-20(2,3)16-6-10-19(11-7-16)26(23,24)22-12-18(13-22)25-14-15-4-8-17(21)9-5-15/h4-11,18H,12-14H2,1-3H3. The summed E-state index contributed by atoms with van der Waals surface area (Å²) in [6, 6.07) is 13.2. The maximum atomic E-state index is 12.9. The van der Waals surface area contributed by atoms with Crippen molar-refractivity contribution in [2.75, 3.05) is 13.1 Å². The summed E-state index contributed by atoms with van der Waals surface area (Å²) in [5.74, 6) is -0.285. The normalized spacial score (nSPS) is 16.5. The third kappa shape index (κ3) is 4.14. The largest absolute Gasteiger partial charge is 0.371 e. The maximum Gasteiger partial charge on any atom is 0.243 e. The van der Waals surface area contributed by atoms with Crippen LogP contribution in [-0.2, 0) is 26.8 Å². The molecule has 1 aliphatic rings. The minimum Gasteiger partial charge on any atom is -0.371 e. The third-order valence-electron chi connectivity index (χ3n) is 4.57. The molecule has 0 saturated carbocycles. The van der Waals surface area contributed by atoms with Crippen molar-refractivity contribution < 1.29 is 17.5 Å². The van der Waals surface area contributed by atoms with E-state index in [9.17, 15) is 12.8 Å². The molecule has 140 valence electrons. The second kappa shape index (κ2) is 7.10. The van der Waals surface area contributed by atoms with Gasteiger partial charge in [0.25, 0.3) is 0 Å². The Hall–Kier alpha value is -1.76. The Bertz CT molecular complexity index is 849. The van der Waals surface area contributed by atoms with Crippen molar-refractivity contribution in [2.45, 2.75) is 43.8 Å². The number of halogens is 1. The summed E-state index contributed by atoms with van der Waals surface area (Å²) in [6.07, 6.45) is -0.135. The molecule has 0 unspecified atom stereocenters. The molecule has 2 aromatic rings. The van der Waals surface area contributed by atoms with Gasteiger partial charge < -0.3 is 4.74 Å². The molecule has 1 saturated heterocycles. The third-order valence-corrected chi connectivity index (χ3v) is 6.42. The molecule has 0 N–H and O–H groups in total. The lowest BCUT2D eigenvalue weighted by Crippen LogP contribution is -2.54. The van der Waals surface area contributed by atoms with Crippen LogP contribution in [0, 0.1) is 5.82 Å². The fourth-order valence-electron chi connectivity index (χ4n) is 2.77. The molecular formula is C20H24FNO3S. The number of sulfonamides is 1. The van der Waals surface area contributed by atoms with Gasteiger partial charge in [0.2, 0.25) is 10.0 Å². The van der Waals surface area contributed by atoms with Gasteiger partial charge in [-0.1, -0.05) is 45.0 Å². The molecule has 1 aliphatic heterocycles. The monoisotopic (exact) mass is 377 g/mol. The lowest BCUT2D eigenvalue weighted by Gasteiger charge is -2.37. The zero-order valence-electron chi connectivity index (χ0n) is 15.3. The van der Waals surface area contributed by atoms with Crippen LogP contribution >= 0.6 is 0 Å². The molecule has 6 heteroatoms. The predicted molar refractivity (Wildman–Crippen MR) is 98.9 cm³/mol. The Balaban J connectivity index is 1.56.